The Morgan fingerprint density at radius 1 is 1.11 bits per heavy atom. The molecule has 3 heterocycles. The van der Waals surface area contributed by atoms with Gasteiger partial charge in [-0.1, -0.05) is 23.8 Å². The third kappa shape index (κ3) is 3.69. The minimum atomic E-state index is 0.698. The third-order valence-electron chi connectivity index (χ3n) is 5.25. The first-order valence-corrected chi connectivity index (χ1v) is 10.4. The lowest BCUT2D eigenvalue weighted by Crippen LogP contribution is -2.24. The van der Waals surface area contributed by atoms with Crippen LogP contribution in [0.25, 0.3) is 0 Å². The fraction of sp³-hybridized carbons (Fsp3) is 0.364. The van der Waals surface area contributed by atoms with Crippen LogP contribution in [0.5, 0.6) is 0 Å². The highest BCUT2D eigenvalue weighted by atomic mass is 32.1. The quantitative estimate of drug-likeness (QED) is 0.669. The molecule has 5 heteroatoms. The largest absolute Gasteiger partial charge is 0.356 e. The summed E-state index contributed by atoms with van der Waals surface area (Å²) in [6.45, 7) is 10.5. The normalized spacial score (nSPS) is 13.1. The van der Waals surface area contributed by atoms with E-state index in [1.807, 2.05) is 11.3 Å². The van der Waals surface area contributed by atoms with Crippen LogP contribution in [0.1, 0.15) is 32.8 Å². The van der Waals surface area contributed by atoms with Gasteiger partial charge in [-0.05, 0) is 63.1 Å². The lowest BCUT2D eigenvalue weighted by Gasteiger charge is -2.19. The number of hydrogen-bond acceptors (Lipinski definition) is 5. The number of fused-ring (bicyclic) bond motifs is 1. The van der Waals surface area contributed by atoms with Crippen LogP contribution in [0.3, 0.4) is 0 Å². The Bertz CT molecular complexity index is 940. The second-order valence-electron chi connectivity index (χ2n) is 7.40. The van der Waals surface area contributed by atoms with Crippen LogP contribution in [-0.4, -0.2) is 23.1 Å². The summed E-state index contributed by atoms with van der Waals surface area (Å²) >= 11 is 1.83. The monoisotopic (exact) mass is 378 g/mol. The van der Waals surface area contributed by atoms with Crippen molar-refractivity contribution in [2.24, 2.45) is 0 Å². The Hall–Kier alpha value is -2.40. The van der Waals surface area contributed by atoms with Crippen molar-refractivity contribution in [2.45, 2.75) is 40.5 Å². The van der Waals surface area contributed by atoms with Gasteiger partial charge in [-0.25, -0.2) is 4.98 Å². The molecule has 0 spiro atoms. The molecule has 27 heavy (non-hydrogen) atoms. The van der Waals surface area contributed by atoms with E-state index >= 15 is 0 Å². The highest BCUT2D eigenvalue weighted by Crippen LogP contribution is 2.31. The molecule has 3 aromatic rings. The minimum Gasteiger partial charge on any atom is -0.356 e. The van der Waals surface area contributed by atoms with Crippen molar-refractivity contribution in [3.63, 3.8) is 0 Å². The topological polar surface area (TPSA) is 41.1 Å². The predicted octanol–water partition coefficient (Wildman–Crippen LogP) is 5.12. The molecule has 0 amide bonds. The van der Waals surface area contributed by atoms with E-state index in [4.69, 9.17) is 9.97 Å². The van der Waals surface area contributed by atoms with E-state index in [1.54, 1.807) is 0 Å². The van der Waals surface area contributed by atoms with Crippen LogP contribution in [0.2, 0.25) is 0 Å². The van der Waals surface area contributed by atoms with Gasteiger partial charge in [-0.2, -0.15) is 4.98 Å². The second kappa shape index (κ2) is 7.31. The summed E-state index contributed by atoms with van der Waals surface area (Å²) < 4.78 is 0. The molecule has 0 fully saturated rings. The first-order chi connectivity index (χ1) is 13.0. The standard InChI is InChI=1S/C22H26N4S/c1-14-12-15(2)20(16(3)13-14)24-22-23-17(4)19-8-10-26(21(19)25-22)9-7-18-6-5-11-27-18/h5-6,11-13H,7-10H2,1-4H3,(H,23,24,25). The molecule has 0 saturated carbocycles. The summed E-state index contributed by atoms with van der Waals surface area (Å²) in [5.41, 5.74) is 7.23. The molecule has 4 nitrogen and oxygen atoms in total. The lowest BCUT2D eigenvalue weighted by molar-refractivity contribution is 0.810. The molecule has 2 aromatic heterocycles. The minimum absolute atomic E-state index is 0.698. The number of benzene rings is 1. The fourth-order valence-electron chi connectivity index (χ4n) is 3.95. The maximum absolute atomic E-state index is 4.90. The van der Waals surface area contributed by atoms with Gasteiger partial charge in [0.05, 0.1) is 0 Å². The Labute approximate surface area is 165 Å². The van der Waals surface area contributed by atoms with E-state index in [0.717, 1.165) is 43.1 Å². The highest BCUT2D eigenvalue weighted by molar-refractivity contribution is 7.09. The summed E-state index contributed by atoms with van der Waals surface area (Å²) in [5.74, 6) is 1.80. The van der Waals surface area contributed by atoms with Gasteiger partial charge in [-0.3, -0.25) is 0 Å². The van der Waals surface area contributed by atoms with Crippen LogP contribution >= 0.6 is 11.3 Å². The first-order valence-electron chi connectivity index (χ1n) is 9.51. The Balaban J connectivity index is 1.59. The third-order valence-corrected chi connectivity index (χ3v) is 6.18. The molecule has 0 bridgehead atoms. The Morgan fingerprint density at radius 2 is 1.89 bits per heavy atom. The van der Waals surface area contributed by atoms with Crippen molar-refractivity contribution in [1.82, 2.24) is 9.97 Å². The van der Waals surface area contributed by atoms with Gasteiger partial charge in [0.1, 0.15) is 5.82 Å². The molecule has 0 saturated heterocycles. The molecule has 0 radical (unpaired) electrons. The number of nitrogens with one attached hydrogen (secondary N) is 1. The Morgan fingerprint density at radius 3 is 2.59 bits per heavy atom. The first kappa shape index (κ1) is 18.0. The van der Waals surface area contributed by atoms with Crippen molar-refractivity contribution in [2.75, 3.05) is 23.3 Å². The molecule has 1 aliphatic rings. The molecule has 4 rings (SSSR count). The second-order valence-corrected chi connectivity index (χ2v) is 8.43. The van der Waals surface area contributed by atoms with Crippen LogP contribution < -0.4 is 10.2 Å². The van der Waals surface area contributed by atoms with Crippen LogP contribution in [0.4, 0.5) is 17.5 Å². The van der Waals surface area contributed by atoms with E-state index in [9.17, 15) is 0 Å². The van der Waals surface area contributed by atoms with Crippen molar-refractivity contribution < 1.29 is 0 Å². The predicted molar refractivity (Wildman–Crippen MR) is 115 cm³/mol. The van der Waals surface area contributed by atoms with E-state index in [1.165, 1.54) is 27.1 Å². The zero-order valence-electron chi connectivity index (χ0n) is 16.5. The van der Waals surface area contributed by atoms with Gasteiger partial charge in [-0.15, -0.1) is 11.3 Å². The molecule has 140 valence electrons. The fourth-order valence-corrected chi connectivity index (χ4v) is 4.65. The molecular weight excluding hydrogens is 352 g/mol. The van der Waals surface area contributed by atoms with Gasteiger partial charge >= 0.3 is 0 Å². The summed E-state index contributed by atoms with van der Waals surface area (Å²) in [4.78, 5) is 13.5. The van der Waals surface area contributed by atoms with Crippen molar-refractivity contribution >= 4 is 28.8 Å². The Kier molecular flexibility index (Phi) is 4.87. The maximum Gasteiger partial charge on any atom is 0.229 e. The SMILES string of the molecule is Cc1cc(C)c(Nc2nc(C)c3c(n2)N(CCc2cccs2)CC3)c(C)c1. The number of aromatic nitrogens is 2. The van der Waals surface area contributed by atoms with Crippen molar-refractivity contribution in [3.05, 3.63) is 62.5 Å². The highest BCUT2D eigenvalue weighted by Gasteiger charge is 2.24. The summed E-state index contributed by atoms with van der Waals surface area (Å²) in [5, 5.41) is 5.63. The molecule has 0 atom stereocenters. The molecule has 1 N–H and O–H groups in total. The number of hydrogen-bond donors (Lipinski definition) is 1. The summed E-state index contributed by atoms with van der Waals surface area (Å²) in [6, 6.07) is 8.73. The number of aryl methyl sites for hydroxylation is 4. The number of anilines is 3. The van der Waals surface area contributed by atoms with Gasteiger partial charge in [0.15, 0.2) is 0 Å². The van der Waals surface area contributed by atoms with Gasteiger partial charge in [0, 0.05) is 34.9 Å². The lowest BCUT2D eigenvalue weighted by atomic mass is 10.1. The maximum atomic E-state index is 4.90. The summed E-state index contributed by atoms with van der Waals surface area (Å²) in [6.07, 6.45) is 2.10. The van der Waals surface area contributed by atoms with E-state index in [2.05, 4.69) is 67.6 Å². The summed E-state index contributed by atoms with van der Waals surface area (Å²) in [7, 11) is 0. The molecule has 1 aliphatic heterocycles. The molecular formula is C22H26N4S. The zero-order valence-corrected chi connectivity index (χ0v) is 17.3. The van der Waals surface area contributed by atoms with E-state index in [-0.39, 0.29) is 0 Å². The number of rotatable bonds is 5. The number of nitrogens with zero attached hydrogens (tertiary/aromatic N) is 3. The smallest absolute Gasteiger partial charge is 0.229 e. The van der Waals surface area contributed by atoms with E-state index in [0.29, 0.717) is 5.95 Å². The molecule has 0 unspecified atom stereocenters. The van der Waals surface area contributed by atoms with Crippen LogP contribution in [0.15, 0.2) is 29.6 Å². The van der Waals surface area contributed by atoms with Crippen LogP contribution in [-0.2, 0) is 12.8 Å². The van der Waals surface area contributed by atoms with Crippen molar-refractivity contribution in [1.29, 1.82) is 0 Å². The average Bonchev–Trinajstić information content (AvgIpc) is 3.26. The van der Waals surface area contributed by atoms with Crippen LogP contribution in [0, 0.1) is 27.7 Å². The van der Waals surface area contributed by atoms with Gasteiger partial charge < -0.3 is 10.2 Å². The van der Waals surface area contributed by atoms with Gasteiger partial charge in [0.2, 0.25) is 5.95 Å². The van der Waals surface area contributed by atoms with Crippen molar-refractivity contribution in [3.8, 4) is 0 Å². The molecule has 1 aromatic carbocycles. The van der Waals surface area contributed by atoms with E-state index < -0.39 is 0 Å². The zero-order chi connectivity index (χ0) is 19.0. The van der Waals surface area contributed by atoms with Gasteiger partial charge in [0.25, 0.3) is 0 Å². The average molecular weight is 379 g/mol. The molecule has 0 aliphatic carbocycles. The number of thiophene rings is 1.